The molecule has 11 nitrogen and oxygen atoms in total. The van der Waals surface area contributed by atoms with Gasteiger partial charge in [-0.3, -0.25) is 25.8 Å². The molecule has 0 spiro atoms. The molecule has 0 fully saturated rings. The number of nitrogens with zero attached hydrogens (tertiary/aromatic N) is 4. The van der Waals surface area contributed by atoms with Crippen LogP contribution in [0.4, 0.5) is 36.3 Å². The van der Waals surface area contributed by atoms with Crippen molar-refractivity contribution in [1.29, 1.82) is 0 Å². The Hall–Kier alpha value is -4.20. The van der Waals surface area contributed by atoms with Gasteiger partial charge >= 0.3 is 11.9 Å². The van der Waals surface area contributed by atoms with E-state index in [-0.39, 0.29) is 5.82 Å². The summed E-state index contributed by atoms with van der Waals surface area (Å²) in [5.41, 5.74) is 2.65. The Morgan fingerprint density at radius 3 is 2.45 bits per heavy atom. The molecular formula is C18H13ClF3N7O4. The Kier molecular flexibility index (Phi) is 7.07. The Balaban J connectivity index is 1.73. The number of nitro groups is 1. The molecule has 15 heteroatoms. The Morgan fingerprint density at radius 2 is 1.82 bits per heavy atom. The molecule has 0 saturated carbocycles. The van der Waals surface area contributed by atoms with Crippen LogP contribution >= 0.6 is 11.6 Å². The first kappa shape index (κ1) is 23.5. The van der Waals surface area contributed by atoms with E-state index in [9.17, 15) is 28.1 Å². The van der Waals surface area contributed by atoms with Crippen molar-refractivity contribution in [1.82, 2.24) is 20.4 Å². The lowest BCUT2D eigenvalue weighted by atomic mass is 10.3. The van der Waals surface area contributed by atoms with Crippen LogP contribution in [0.1, 0.15) is 5.56 Å². The van der Waals surface area contributed by atoms with Crippen LogP contribution < -0.4 is 20.9 Å². The molecule has 0 aliphatic rings. The second-order valence-corrected chi connectivity index (χ2v) is 6.54. The van der Waals surface area contributed by atoms with E-state index in [0.29, 0.717) is 18.0 Å². The number of amides is 1. The van der Waals surface area contributed by atoms with E-state index in [0.717, 1.165) is 6.33 Å². The van der Waals surface area contributed by atoms with Crippen LogP contribution in [-0.4, -0.2) is 32.4 Å². The van der Waals surface area contributed by atoms with Gasteiger partial charge in [-0.25, -0.2) is 15.0 Å². The van der Waals surface area contributed by atoms with Gasteiger partial charge in [-0.15, -0.1) is 0 Å². The highest BCUT2D eigenvalue weighted by molar-refractivity contribution is 6.33. The van der Waals surface area contributed by atoms with E-state index in [1.54, 1.807) is 30.3 Å². The number of aromatic nitrogens is 3. The number of halogens is 4. The van der Waals surface area contributed by atoms with E-state index in [1.807, 2.05) is 0 Å². The van der Waals surface area contributed by atoms with Crippen molar-refractivity contribution in [3.05, 3.63) is 69.6 Å². The minimum Gasteiger partial charge on any atom is -0.484 e. The standard InChI is InChI=1S/C18H13ClF3N7O4/c19-12-6-10(18(20,21)22)7-23-15(12)26-16-14(29(31)32)17(25-9-24-16)28-27-13(30)8-33-11-4-2-1-3-5-11/h1-7,9H,8H2,(H,27,30)(H2,23,24,25,26,28). The number of rotatable bonds is 8. The van der Waals surface area contributed by atoms with E-state index >= 15 is 0 Å². The summed E-state index contributed by atoms with van der Waals surface area (Å²) in [6, 6.07) is 9.06. The largest absolute Gasteiger partial charge is 0.484 e. The lowest BCUT2D eigenvalue weighted by Gasteiger charge is -2.12. The van der Waals surface area contributed by atoms with Crippen LogP contribution in [-0.2, 0) is 11.0 Å². The van der Waals surface area contributed by atoms with Gasteiger partial charge in [-0.05, 0) is 18.2 Å². The molecule has 172 valence electrons. The minimum atomic E-state index is -4.67. The fraction of sp³-hybridized carbons (Fsp3) is 0.111. The average molecular weight is 484 g/mol. The molecule has 3 rings (SSSR count). The highest BCUT2D eigenvalue weighted by Gasteiger charge is 2.32. The van der Waals surface area contributed by atoms with Gasteiger partial charge in [0.25, 0.3) is 5.91 Å². The first-order valence-electron chi connectivity index (χ1n) is 8.87. The van der Waals surface area contributed by atoms with Crippen LogP contribution in [0.5, 0.6) is 5.75 Å². The third-order valence-electron chi connectivity index (χ3n) is 3.84. The van der Waals surface area contributed by atoms with Crippen molar-refractivity contribution < 1.29 is 27.6 Å². The van der Waals surface area contributed by atoms with Gasteiger partial charge in [0.2, 0.25) is 11.6 Å². The molecule has 2 heterocycles. The molecule has 0 bridgehead atoms. The number of ether oxygens (including phenoxy) is 1. The Labute approximate surface area is 188 Å². The van der Waals surface area contributed by atoms with Gasteiger partial charge in [0.15, 0.2) is 12.4 Å². The van der Waals surface area contributed by atoms with Gasteiger partial charge < -0.3 is 10.1 Å². The average Bonchev–Trinajstić information content (AvgIpc) is 2.77. The zero-order valence-corrected chi connectivity index (χ0v) is 17.0. The van der Waals surface area contributed by atoms with Crippen molar-refractivity contribution in [2.24, 2.45) is 0 Å². The molecule has 33 heavy (non-hydrogen) atoms. The van der Waals surface area contributed by atoms with Crippen LogP contribution in [0.25, 0.3) is 0 Å². The summed E-state index contributed by atoms with van der Waals surface area (Å²) >= 11 is 5.82. The number of nitrogens with one attached hydrogen (secondary N) is 3. The van der Waals surface area contributed by atoms with Crippen molar-refractivity contribution in [2.45, 2.75) is 6.18 Å². The molecular weight excluding hydrogens is 471 g/mol. The van der Waals surface area contributed by atoms with Gasteiger partial charge in [0, 0.05) is 6.20 Å². The first-order chi connectivity index (χ1) is 15.6. The molecule has 1 amide bonds. The van der Waals surface area contributed by atoms with E-state index < -0.39 is 51.5 Å². The van der Waals surface area contributed by atoms with Crippen molar-refractivity contribution in [3.8, 4) is 5.75 Å². The summed E-state index contributed by atoms with van der Waals surface area (Å²) in [6.45, 7) is -0.397. The predicted octanol–water partition coefficient (Wildman–Crippen LogP) is 3.72. The fourth-order valence-electron chi connectivity index (χ4n) is 2.36. The van der Waals surface area contributed by atoms with Gasteiger partial charge in [0.05, 0.1) is 15.5 Å². The molecule has 3 aromatic rings. The summed E-state index contributed by atoms with van der Waals surface area (Å²) in [5, 5.41) is 13.5. The second-order valence-electron chi connectivity index (χ2n) is 6.13. The topological polar surface area (TPSA) is 144 Å². The maximum atomic E-state index is 12.8. The van der Waals surface area contributed by atoms with Gasteiger partial charge in [0.1, 0.15) is 12.1 Å². The zero-order valence-electron chi connectivity index (χ0n) is 16.3. The number of para-hydroxylation sites is 1. The summed E-state index contributed by atoms with van der Waals surface area (Å²) in [4.78, 5) is 33.6. The number of alkyl halides is 3. The van der Waals surface area contributed by atoms with E-state index in [2.05, 4.69) is 31.1 Å². The first-order valence-corrected chi connectivity index (χ1v) is 9.25. The molecule has 0 aliphatic heterocycles. The van der Waals surface area contributed by atoms with Crippen LogP contribution in [0.2, 0.25) is 5.02 Å². The SMILES string of the molecule is O=C(COc1ccccc1)NNc1ncnc(Nc2ncc(C(F)(F)F)cc2Cl)c1[N+](=O)[O-]. The smallest absolute Gasteiger partial charge is 0.417 e. The number of hydrogen-bond donors (Lipinski definition) is 3. The Bertz CT molecular complexity index is 1170. The van der Waals surface area contributed by atoms with Gasteiger partial charge in [-0.2, -0.15) is 13.2 Å². The molecule has 0 radical (unpaired) electrons. The number of benzene rings is 1. The molecule has 3 N–H and O–H groups in total. The lowest BCUT2D eigenvalue weighted by Crippen LogP contribution is -2.34. The summed E-state index contributed by atoms with van der Waals surface area (Å²) in [6.07, 6.45) is -3.24. The maximum Gasteiger partial charge on any atom is 0.417 e. The molecule has 0 unspecified atom stereocenters. The normalized spacial score (nSPS) is 10.9. The second kappa shape index (κ2) is 9.95. The summed E-state index contributed by atoms with van der Waals surface area (Å²) in [7, 11) is 0. The minimum absolute atomic E-state index is 0.308. The molecule has 2 aromatic heterocycles. The highest BCUT2D eigenvalue weighted by atomic mass is 35.5. The Morgan fingerprint density at radius 1 is 1.12 bits per heavy atom. The van der Waals surface area contributed by atoms with E-state index in [1.165, 1.54) is 0 Å². The number of pyridine rings is 1. The lowest BCUT2D eigenvalue weighted by molar-refractivity contribution is -0.383. The van der Waals surface area contributed by atoms with Gasteiger partial charge in [-0.1, -0.05) is 29.8 Å². The van der Waals surface area contributed by atoms with Crippen molar-refractivity contribution >= 4 is 40.6 Å². The monoisotopic (exact) mass is 483 g/mol. The van der Waals surface area contributed by atoms with Crippen molar-refractivity contribution in [2.75, 3.05) is 17.3 Å². The zero-order chi connectivity index (χ0) is 24.0. The molecule has 0 saturated heterocycles. The maximum absolute atomic E-state index is 12.8. The van der Waals surface area contributed by atoms with Crippen LogP contribution in [0.15, 0.2) is 48.9 Å². The highest BCUT2D eigenvalue weighted by Crippen LogP contribution is 2.35. The third kappa shape index (κ3) is 6.16. The summed E-state index contributed by atoms with van der Waals surface area (Å²) < 4.78 is 43.6. The number of anilines is 3. The van der Waals surface area contributed by atoms with E-state index in [4.69, 9.17) is 16.3 Å². The predicted molar refractivity (Wildman–Crippen MR) is 110 cm³/mol. The van der Waals surface area contributed by atoms with Crippen LogP contribution in [0.3, 0.4) is 0 Å². The molecule has 0 atom stereocenters. The number of carbonyl (C=O) groups is 1. The molecule has 0 aliphatic carbocycles. The quantitative estimate of drug-likeness (QED) is 0.322. The third-order valence-corrected chi connectivity index (χ3v) is 4.13. The molecule has 1 aromatic carbocycles. The van der Waals surface area contributed by atoms with Crippen molar-refractivity contribution in [3.63, 3.8) is 0 Å². The fourth-order valence-corrected chi connectivity index (χ4v) is 2.58. The summed E-state index contributed by atoms with van der Waals surface area (Å²) in [5.74, 6) is -1.38. The van der Waals surface area contributed by atoms with Crippen LogP contribution in [0, 0.1) is 10.1 Å². The number of hydrogen-bond acceptors (Lipinski definition) is 9. The number of carbonyl (C=O) groups excluding carboxylic acids is 1. The number of hydrazine groups is 1.